The molecule has 1 aromatic heterocycles. The number of likely N-dealkylation sites (N-methyl/N-ethyl adjacent to an activating group) is 1. The minimum absolute atomic E-state index is 0.0716. The van der Waals surface area contributed by atoms with Crippen LogP contribution in [0.2, 0.25) is 0 Å². The second-order valence-electron chi connectivity index (χ2n) is 4.69. The van der Waals surface area contributed by atoms with Gasteiger partial charge in [-0.3, -0.25) is 0 Å². The molecule has 0 aliphatic rings. The SMILES string of the molecule is CCN(C(C)COC)S(=O)(=O)c1c(C)oc(C)c1CO. The van der Waals surface area contributed by atoms with E-state index in [9.17, 15) is 13.5 Å². The molecule has 0 spiro atoms. The lowest BCUT2D eigenvalue weighted by atomic mass is 10.2. The minimum Gasteiger partial charge on any atom is -0.465 e. The first-order valence-electron chi connectivity index (χ1n) is 6.51. The number of sulfonamides is 1. The maximum atomic E-state index is 12.8. The van der Waals surface area contributed by atoms with Crippen LogP contribution in [0.4, 0.5) is 0 Å². The highest BCUT2D eigenvalue weighted by molar-refractivity contribution is 7.89. The van der Waals surface area contributed by atoms with Gasteiger partial charge in [0, 0.05) is 25.3 Å². The summed E-state index contributed by atoms with van der Waals surface area (Å²) in [7, 11) is -2.19. The van der Waals surface area contributed by atoms with Gasteiger partial charge < -0.3 is 14.3 Å². The molecule has 1 N–H and O–H groups in total. The van der Waals surface area contributed by atoms with Gasteiger partial charge in [0.05, 0.1) is 13.2 Å². The summed E-state index contributed by atoms with van der Waals surface area (Å²) < 4.78 is 37.3. The Balaban J connectivity index is 3.35. The second-order valence-corrected chi connectivity index (χ2v) is 6.52. The van der Waals surface area contributed by atoms with E-state index < -0.39 is 10.0 Å². The molecule has 1 heterocycles. The van der Waals surface area contributed by atoms with E-state index in [0.717, 1.165) is 0 Å². The van der Waals surface area contributed by atoms with Crippen LogP contribution in [-0.2, 0) is 21.4 Å². The van der Waals surface area contributed by atoms with Gasteiger partial charge in [-0.15, -0.1) is 0 Å². The average Bonchev–Trinajstić information content (AvgIpc) is 2.64. The van der Waals surface area contributed by atoms with Crippen LogP contribution >= 0.6 is 0 Å². The van der Waals surface area contributed by atoms with Crippen LogP contribution in [0, 0.1) is 13.8 Å². The summed E-state index contributed by atoms with van der Waals surface area (Å²) in [5, 5.41) is 9.40. The number of aliphatic hydroxyl groups is 1. The van der Waals surface area contributed by atoms with Gasteiger partial charge in [-0.1, -0.05) is 6.92 Å². The Morgan fingerprint density at radius 1 is 1.35 bits per heavy atom. The van der Waals surface area contributed by atoms with Gasteiger partial charge in [-0.05, 0) is 20.8 Å². The summed E-state index contributed by atoms with van der Waals surface area (Å²) in [6, 6.07) is -0.295. The quantitative estimate of drug-likeness (QED) is 0.824. The van der Waals surface area contributed by atoms with Gasteiger partial charge in [-0.2, -0.15) is 4.31 Å². The number of hydrogen-bond acceptors (Lipinski definition) is 5. The van der Waals surface area contributed by atoms with Crippen LogP contribution in [0.25, 0.3) is 0 Å². The monoisotopic (exact) mass is 305 g/mol. The van der Waals surface area contributed by atoms with Crippen molar-refractivity contribution in [3.63, 3.8) is 0 Å². The van der Waals surface area contributed by atoms with Crippen molar-refractivity contribution in [1.82, 2.24) is 4.31 Å². The van der Waals surface area contributed by atoms with Gasteiger partial charge in [-0.25, -0.2) is 8.42 Å². The normalized spacial score (nSPS) is 13.9. The van der Waals surface area contributed by atoms with Crippen LogP contribution in [-0.4, -0.2) is 44.1 Å². The Morgan fingerprint density at radius 3 is 2.40 bits per heavy atom. The molecule has 7 heteroatoms. The molecule has 1 atom stereocenters. The molecule has 116 valence electrons. The highest BCUT2D eigenvalue weighted by Gasteiger charge is 2.34. The summed E-state index contributed by atoms with van der Waals surface area (Å²) >= 11 is 0. The standard InChI is InChI=1S/C13H23NO5S/c1-6-14(9(2)8-18-5)20(16,17)13-11(4)19-10(3)12(13)7-15/h9,15H,6-8H2,1-5H3. The summed E-state index contributed by atoms with van der Waals surface area (Å²) in [6.45, 7) is 7.04. The zero-order chi connectivity index (χ0) is 15.5. The molecule has 0 aromatic carbocycles. The molecular formula is C13H23NO5S. The maximum Gasteiger partial charge on any atom is 0.247 e. The minimum atomic E-state index is -3.73. The predicted octanol–water partition coefficient (Wildman–Crippen LogP) is 1.43. The summed E-state index contributed by atoms with van der Waals surface area (Å²) in [5.41, 5.74) is 0.325. The number of hydrogen-bond donors (Lipinski definition) is 1. The van der Waals surface area contributed by atoms with Crippen LogP contribution < -0.4 is 0 Å². The third-order valence-corrected chi connectivity index (χ3v) is 5.55. The molecule has 1 aromatic rings. The van der Waals surface area contributed by atoms with Crippen molar-refractivity contribution in [2.75, 3.05) is 20.3 Å². The number of rotatable bonds is 7. The molecule has 1 unspecified atom stereocenters. The Kier molecular flexibility index (Phi) is 5.76. The number of aryl methyl sites for hydroxylation is 2. The molecule has 1 rings (SSSR count). The fourth-order valence-corrected chi connectivity index (χ4v) is 4.42. The molecule has 0 radical (unpaired) electrons. The first kappa shape index (κ1) is 17.2. The molecule has 0 aliphatic heterocycles. The smallest absolute Gasteiger partial charge is 0.247 e. The predicted molar refractivity (Wildman–Crippen MR) is 75.0 cm³/mol. The fraction of sp³-hybridized carbons (Fsp3) is 0.692. The van der Waals surface area contributed by atoms with Gasteiger partial charge in [0.15, 0.2) is 0 Å². The number of aliphatic hydroxyl groups excluding tert-OH is 1. The third-order valence-electron chi connectivity index (χ3n) is 3.26. The molecule has 6 nitrogen and oxygen atoms in total. The number of ether oxygens (including phenoxy) is 1. The first-order valence-corrected chi connectivity index (χ1v) is 7.95. The van der Waals surface area contributed by atoms with Gasteiger partial charge in [0.1, 0.15) is 16.4 Å². The molecule has 0 fully saturated rings. The van der Waals surface area contributed by atoms with E-state index in [2.05, 4.69) is 0 Å². The van der Waals surface area contributed by atoms with Crippen LogP contribution in [0.15, 0.2) is 9.31 Å². The third kappa shape index (κ3) is 3.06. The largest absolute Gasteiger partial charge is 0.465 e. The van der Waals surface area contributed by atoms with E-state index in [1.54, 1.807) is 27.7 Å². The molecule has 0 saturated carbocycles. The van der Waals surface area contributed by atoms with E-state index in [4.69, 9.17) is 9.15 Å². The molecule has 0 aliphatic carbocycles. The molecular weight excluding hydrogens is 282 g/mol. The van der Waals surface area contributed by atoms with Crippen LogP contribution in [0.3, 0.4) is 0 Å². The average molecular weight is 305 g/mol. The van der Waals surface area contributed by atoms with Gasteiger partial charge in [0.25, 0.3) is 0 Å². The molecule has 0 amide bonds. The van der Waals surface area contributed by atoms with Gasteiger partial charge >= 0.3 is 0 Å². The summed E-state index contributed by atoms with van der Waals surface area (Å²) in [6.07, 6.45) is 0. The fourth-order valence-electron chi connectivity index (χ4n) is 2.39. The second kappa shape index (κ2) is 6.71. The van der Waals surface area contributed by atoms with Gasteiger partial charge in [0.2, 0.25) is 10.0 Å². The van der Waals surface area contributed by atoms with E-state index in [-0.39, 0.29) is 17.5 Å². The highest BCUT2D eigenvalue weighted by atomic mass is 32.2. The lowest BCUT2D eigenvalue weighted by Crippen LogP contribution is -2.41. The zero-order valence-electron chi connectivity index (χ0n) is 12.6. The Labute approximate surface area is 120 Å². The van der Waals surface area contributed by atoms with E-state index >= 15 is 0 Å². The number of furan rings is 1. The van der Waals surface area contributed by atoms with Crippen LogP contribution in [0.1, 0.15) is 30.9 Å². The Morgan fingerprint density at radius 2 is 1.95 bits per heavy atom. The lowest BCUT2D eigenvalue weighted by Gasteiger charge is -2.26. The lowest BCUT2D eigenvalue weighted by molar-refractivity contribution is 0.142. The van der Waals surface area contributed by atoms with Crippen molar-refractivity contribution in [2.24, 2.45) is 0 Å². The maximum absolute atomic E-state index is 12.8. The van der Waals surface area contributed by atoms with Crippen molar-refractivity contribution in [3.05, 3.63) is 17.1 Å². The Bertz CT molecular complexity index is 549. The Hall–Kier alpha value is -0.890. The molecule has 0 saturated heterocycles. The summed E-state index contributed by atoms with van der Waals surface area (Å²) in [4.78, 5) is 0.0716. The van der Waals surface area contributed by atoms with Crippen molar-refractivity contribution >= 4 is 10.0 Å². The molecule has 0 bridgehead atoms. The van der Waals surface area contributed by atoms with Crippen molar-refractivity contribution in [2.45, 2.75) is 45.2 Å². The van der Waals surface area contributed by atoms with Crippen LogP contribution in [0.5, 0.6) is 0 Å². The van der Waals surface area contributed by atoms with E-state index in [1.807, 2.05) is 0 Å². The van der Waals surface area contributed by atoms with E-state index in [1.165, 1.54) is 11.4 Å². The first-order chi connectivity index (χ1) is 9.31. The van der Waals surface area contributed by atoms with Crippen molar-refractivity contribution in [3.8, 4) is 0 Å². The summed E-state index contributed by atoms with van der Waals surface area (Å²) in [5.74, 6) is 0.730. The van der Waals surface area contributed by atoms with E-state index in [0.29, 0.717) is 30.2 Å². The topological polar surface area (TPSA) is 80.0 Å². The highest BCUT2D eigenvalue weighted by Crippen LogP contribution is 2.30. The number of methoxy groups -OCH3 is 1. The van der Waals surface area contributed by atoms with Crippen molar-refractivity contribution in [1.29, 1.82) is 0 Å². The number of nitrogens with zero attached hydrogens (tertiary/aromatic N) is 1. The molecule has 20 heavy (non-hydrogen) atoms. The van der Waals surface area contributed by atoms with Crippen molar-refractivity contribution < 1.29 is 22.7 Å². The zero-order valence-corrected chi connectivity index (χ0v) is 13.5.